The van der Waals surface area contributed by atoms with Gasteiger partial charge in [0.2, 0.25) is 0 Å². The molecule has 13 aromatic carbocycles. The van der Waals surface area contributed by atoms with Gasteiger partial charge < -0.3 is 19.6 Å². The summed E-state index contributed by atoms with van der Waals surface area (Å²) >= 11 is 0. The largest absolute Gasteiger partial charge is 0.310 e. The molecule has 0 spiro atoms. The number of hydrogen-bond donors (Lipinski definition) is 0. The van der Waals surface area contributed by atoms with Crippen LogP contribution in [0.5, 0.6) is 0 Å². The molecular weight excluding hydrogens is 1190 g/mol. The number of allylic oxidation sites excluding steroid dienone is 1. The minimum Gasteiger partial charge on any atom is -0.310 e. The lowest BCUT2D eigenvalue weighted by molar-refractivity contribution is 0.602. The van der Waals surface area contributed by atoms with Crippen LogP contribution in [0.4, 0.5) is 68.2 Å². The van der Waals surface area contributed by atoms with E-state index in [1.165, 1.54) is 82.2 Å². The third-order valence-electron chi connectivity index (χ3n) is 19.7. The second-order valence-corrected chi connectivity index (χ2v) is 27.1. The Morgan fingerprint density at radius 1 is 0.194 bits per heavy atom. The van der Waals surface area contributed by atoms with Crippen LogP contribution in [-0.4, -0.2) is 0 Å². The van der Waals surface area contributed by atoms with Gasteiger partial charge in [0, 0.05) is 68.2 Å². The molecule has 0 bridgehead atoms. The molecule has 0 aromatic heterocycles. The van der Waals surface area contributed by atoms with Crippen molar-refractivity contribution in [2.24, 2.45) is 0 Å². The topological polar surface area (TPSA) is 13.0 Å². The summed E-state index contributed by atoms with van der Waals surface area (Å²) in [7, 11) is 0. The third kappa shape index (κ3) is 13.2. The van der Waals surface area contributed by atoms with Gasteiger partial charge in [-0.2, -0.15) is 0 Å². The highest BCUT2D eigenvalue weighted by atomic mass is 15.2. The standard InChI is InChI=1S/C94H82N4/c1-64-13-35-75(36-14-64)95(76-37-15-65(2)16-38-76)83-51-55-87-91(60-83)88-56-52-84(96(77-39-17-66(3)18-40-77)78-41-19-67(4)20-42-78)62-93(88)90-58-54-86(63-94(90)89-57-53-85(61-92(87)89)97(79-43-21-68(5)22-44-79)80-45-23-69(6)24-46-80)98(81-47-25-70(7)26-48-81)82-49-33-72(34-50-82)28-27-71-29-31-74(32-30-71)59-73-11-9-8-10-12-73/h13-63H,8-12H2,1-7H3/b28-27+,91-88?,92-87?,93-90?,94-89?. The monoisotopic (exact) mass is 1270 g/mol. The van der Waals surface area contributed by atoms with E-state index < -0.39 is 0 Å². The second kappa shape index (κ2) is 27.3. The number of fused-ring (bicyclic) bond motifs is 8. The van der Waals surface area contributed by atoms with Crippen molar-refractivity contribution >= 4 is 86.5 Å². The number of benzene rings is 13. The lowest BCUT2D eigenvalue weighted by Gasteiger charge is -2.32. The molecule has 4 heteroatoms. The number of rotatable bonds is 15. The number of hydrogen-bond acceptors (Lipinski definition) is 4. The Morgan fingerprint density at radius 3 is 0.622 bits per heavy atom. The summed E-state index contributed by atoms with van der Waals surface area (Å²) in [5.74, 6) is 0. The zero-order valence-corrected chi connectivity index (χ0v) is 57.3. The zero-order chi connectivity index (χ0) is 66.8. The predicted molar refractivity (Wildman–Crippen MR) is 420 cm³/mol. The summed E-state index contributed by atoms with van der Waals surface area (Å²) in [5.41, 5.74) is 35.7. The van der Waals surface area contributed by atoms with Crippen LogP contribution in [0.1, 0.15) is 87.7 Å². The van der Waals surface area contributed by atoms with Crippen molar-refractivity contribution in [3.05, 3.63) is 352 Å². The summed E-state index contributed by atoms with van der Waals surface area (Å²) in [6, 6.07) is 109. The SMILES string of the molecule is Cc1ccc(N(c2ccc(C)cc2)c2ccc3c(c2)-c2ccc(N(c4ccc(C)cc4)c4ccc(C)cc4)cc2-c2ccc(N(c4ccc(C)cc4)c4ccc(/C=C/c5ccc(C=C6CCCCC6)cc5)cc4)cc2-c2ccc(N(c4ccc(C)cc4)c4ccc(C)cc4)cc2-3)cc1. The molecule has 4 nitrogen and oxygen atoms in total. The van der Waals surface area contributed by atoms with E-state index in [4.69, 9.17) is 0 Å². The fraction of sp³-hybridized carbons (Fsp3) is 0.128. The Bertz CT molecular complexity index is 4810. The van der Waals surface area contributed by atoms with Crippen molar-refractivity contribution in [3.63, 3.8) is 0 Å². The second-order valence-electron chi connectivity index (χ2n) is 27.1. The van der Waals surface area contributed by atoms with Crippen LogP contribution in [0.15, 0.2) is 297 Å². The smallest absolute Gasteiger partial charge is 0.0468 e. The van der Waals surface area contributed by atoms with Crippen molar-refractivity contribution < 1.29 is 0 Å². The van der Waals surface area contributed by atoms with Crippen LogP contribution in [0, 0.1) is 48.5 Å². The Labute approximate surface area is 580 Å². The molecule has 0 unspecified atom stereocenters. The molecule has 0 radical (unpaired) electrons. The molecule has 13 aromatic rings. The molecule has 2 aliphatic carbocycles. The van der Waals surface area contributed by atoms with Crippen LogP contribution in [0.3, 0.4) is 0 Å². The quantitative estimate of drug-likeness (QED) is 0.0949. The van der Waals surface area contributed by atoms with Gasteiger partial charge >= 0.3 is 0 Å². The number of nitrogens with zero attached hydrogens (tertiary/aromatic N) is 4. The van der Waals surface area contributed by atoms with Crippen LogP contribution in [-0.2, 0) is 0 Å². The molecule has 0 aliphatic heterocycles. The molecular formula is C94H82N4. The maximum absolute atomic E-state index is 2.46. The highest BCUT2D eigenvalue weighted by Gasteiger charge is 2.29. The fourth-order valence-electron chi connectivity index (χ4n) is 14.2. The van der Waals surface area contributed by atoms with E-state index in [-0.39, 0.29) is 0 Å². The van der Waals surface area contributed by atoms with Gasteiger partial charge in [-0.15, -0.1) is 0 Å². The van der Waals surface area contributed by atoms with Gasteiger partial charge in [-0.1, -0.05) is 215 Å². The molecule has 0 N–H and O–H groups in total. The van der Waals surface area contributed by atoms with Crippen molar-refractivity contribution in [1.29, 1.82) is 0 Å². The highest BCUT2D eigenvalue weighted by molar-refractivity contribution is 6.07. The molecule has 2 aliphatic rings. The Kier molecular flexibility index (Phi) is 17.5. The first kappa shape index (κ1) is 62.6. The molecule has 0 saturated heterocycles. The Morgan fingerprint density at radius 2 is 0.388 bits per heavy atom. The average Bonchev–Trinajstić information content (AvgIpc) is 0.728. The van der Waals surface area contributed by atoms with Crippen LogP contribution >= 0.6 is 0 Å². The van der Waals surface area contributed by atoms with Gasteiger partial charge in [0.15, 0.2) is 0 Å². The van der Waals surface area contributed by atoms with Crippen LogP contribution < -0.4 is 19.6 Å². The lowest BCUT2D eigenvalue weighted by Crippen LogP contribution is -2.12. The van der Waals surface area contributed by atoms with E-state index in [2.05, 4.69) is 377 Å². The van der Waals surface area contributed by atoms with E-state index >= 15 is 0 Å². The first-order valence-corrected chi connectivity index (χ1v) is 34.7. The summed E-state index contributed by atoms with van der Waals surface area (Å²) in [5, 5.41) is 0. The Hall–Kier alpha value is -11.5. The highest BCUT2D eigenvalue weighted by Crippen LogP contribution is 2.54. The van der Waals surface area contributed by atoms with Gasteiger partial charge in [-0.3, -0.25) is 0 Å². The molecule has 0 heterocycles. The van der Waals surface area contributed by atoms with Gasteiger partial charge in [-0.05, 0) is 281 Å². The minimum atomic E-state index is 1.05. The van der Waals surface area contributed by atoms with Gasteiger partial charge in [0.1, 0.15) is 0 Å². The molecule has 478 valence electrons. The molecule has 98 heavy (non-hydrogen) atoms. The third-order valence-corrected chi connectivity index (χ3v) is 19.7. The van der Waals surface area contributed by atoms with E-state index in [1.54, 1.807) is 5.57 Å². The van der Waals surface area contributed by atoms with Crippen molar-refractivity contribution in [2.45, 2.75) is 80.6 Å². The number of aryl methyl sites for hydroxylation is 7. The van der Waals surface area contributed by atoms with E-state index in [0.29, 0.717) is 0 Å². The van der Waals surface area contributed by atoms with Crippen LogP contribution in [0.2, 0.25) is 0 Å². The first-order chi connectivity index (χ1) is 47.9. The van der Waals surface area contributed by atoms with Crippen molar-refractivity contribution in [1.82, 2.24) is 0 Å². The molecule has 15 rings (SSSR count). The van der Waals surface area contributed by atoms with Crippen molar-refractivity contribution in [2.75, 3.05) is 19.6 Å². The summed E-state index contributed by atoms with van der Waals surface area (Å²) in [4.78, 5) is 9.66. The molecule has 1 fully saturated rings. The molecule has 0 amide bonds. The van der Waals surface area contributed by atoms with E-state index in [0.717, 1.165) is 118 Å². The van der Waals surface area contributed by atoms with Crippen molar-refractivity contribution in [3.8, 4) is 44.5 Å². The lowest BCUT2D eigenvalue weighted by atomic mass is 9.80. The molecule has 0 atom stereocenters. The normalized spacial score (nSPS) is 12.4. The summed E-state index contributed by atoms with van der Waals surface area (Å²) in [6.45, 7) is 15.1. The maximum atomic E-state index is 2.46. The van der Waals surface area contributed by atoms with Gasteiger partial charge in [-0.25, -0.2) is 0 Å². The predicted octanol–water partition coefficient (Wildman–Crippen LogP) is 27.2. The fourth-order valence-corrected chi connectivity index (χ4v) is 14.2. The summed E-state index contributed by atoms with van der Waals surface area (Å²) < 4.78 is 0. The molecule has 1 saturated carbocycles. The number of anilines is 12. The van der Waals surface area contributed by atoms with E-state index in [1.807, 2.05) is 0 Å². The van der Waals surface area contributed by atoms with Gasteiger partial charge in [0.05, 0.1) is 0 Å². The Balaban J connectivity index is 0.954. The van der Waals surface area contributed by atoms with E-state index in [9.17, 15) is 0 Å². The summed E-state index contributed by atoms with van der Waals surface area (Å²) in [6.07, 6.45) is 13.3. The maximum Gasteiger partial charge on any atom is 0.0468 e. The zero-order valence-electron chi connectivity index (χ0n) is 57.3. The van der Waals surface area contributed by atoms with Gasteiger partial charge in [0.25, 0.3) is 0 Å². The first-order valence-electron chi connectivity index (χ1n) is 34.7. The van der Waals surface area contributed by atoms with Crippen LogP contribution in [0.25, 0.3) is 62.7 Å². The average molecular weight is 1270 g/mol. The minimum absolute atomic E-state index is 1.05.